The van der Waals surface area contributed by atoms with Gasteiger partial charge in [0.1, 0.15) is 0 Å². The van der Waals surface area contributed by atoms with Crippen LogP contribution in [0.3, 0.4) is 0 Å². The lowest BCUT2D eigenvalue weighted by Crippen LogP contribution is -2.40. The minimum Gasteiger partial charge on any atom is -0.376 e. The third-order valence-corrected chi connectivity index (χ3v) is 3.36. The van der Waals surface area contributed by atoms with Gasteiger partial charge in [-0.15, -0.1) is 0 Å². The summed E-state index contributed by atoms with van der Waals surface area (Å²) in [6.07, 6.45) is 0. The summed E-state index contributed by atoms with van der Waals surface area (Å²) in [5.41, 5.74) is 2.06. The normalized spacial score (nSPS) is 10.5. The molecule has 0 fully saturated rings. The molecule has 2 amide bonds. The van der Waals surface area contributed by atoms with Crippen LogP contribution in [0.4, 0.5) is 11.4 Å². The molecule has 0 saturated carbocycles. The molecule has 6 nitrogen and oxygen atoms in total. The van der Waals surface area contributed by atoms with Crippen LogP contribution in [0.5, 0.6) is 0 Å². The molecule has 0 spiro atoms. The minimum absolute atomic E-state index is 0.0737. The van der Waals surface area contributed by atoms with E-state index < -0.39 is 0 Å². The SMILES string of the molecule is CC(C)(C)NC(=O)c1ccc(NCC(=O)Nc2cccc(C#N)c2)cc1. The zero-order valence-electron chi connectivity index (χ0n) is 15.1. The number of hydrogen-bond donors (Lipinski definition) is 3. The van der Waals surface area contributed by atoms with Crippen molar-refractivity contribution < 1.29 is 9.59 Å². The number of nitrogens with zero attached hydrogens (tertiary/aromatic N) is 1. The molecule has 3 N–H and O–H groups in total. The Morgan fingerprint density at radius 2 is 1.73 bits per heavy atom. The fourth-order valence-electron chi connectivity index (χ4n) is 2.21. The van der Waals surface area contributed by atoms with E-state index in [1.54, 1.807) is 48.5 Å². The predicted molar refractivity (Wildman–Crippen MR) is 102 cm³/mol. The van der Waals surface area contributed by atoms with Crippen molar-refractivity contribution in [2.24, 2.45) is 0 Å². The maximum absolute atomic E-state index is 12.1. The van der Waals surface area contributed by atoms with Gasteiger partial charge in [0.2, 0.25) is 5.91 Å². The van der Waals surface area contributed by atoms with Crippen molar-refractivity contribution in [1.82, 2.24) is 5.32 Å². The number of nitrogens with one attached hydrogen (secondary N) is 3. The Bertz CT molecular complexity index is 830. The van der Waals surface area contributed by atoms with E-state index in [9.17, 15) is 9.59 Å². The first kappa shape index (κ1) is 19.0. The van der Waals surface area contributed by atoms with Crippen molar-refractivity contribution in [1.29, 1.82) is 5.26 Å². The Hall–Kier alpha value is -3.33. The second-order valence-electron chi connectivity index (χ2n) is 6.88. The highest BCUT2D eigenvalue weighted by molar-refractivity contribution is 5.95. The van der Waals surface area contributed by atoms with E-state index in [-0.39, 0.29) is 23.9 Å². The fraction of sp³-hybridized carbons (Fsp3) is 0.250. The Morgan fingerprint density at radius 1 is 1.04 bits per heavy atom. The number of anilines is 2. The zero-order valence-corrected chi connectivity index (χ0v) is 15.1. The van der Waals surface area contributed by atoms with Gasteiger partial charge in [-0.05, 0) is 63.2 Å². The highest BCUT2D eigenvalue weighted by atomic mass is 16.2. The summed E-state index contributed by atoms with van der Waals surface area (Å²) in [6, 6.07) is 15.7. The van der Waals surface area contributed by atoms with Crippen molar-refractivity contribution in [3.8, 4) is 6.07 Å². The minimum atomic E-state index is -0.297. The number of benzene rings is 2. The van der Waals surface area contributed by atoms with Crippen LogP contribution in [0, 0.1) is 11.3 Å². The molecule has 0 radical (unpaired) electrons. The molecule has 134 valence electrons. The lowest BCUT2D eigenvalue weighted by molar-refractivity contribution is -0.114. The summed E-state index contributed by atoms with van der Waals surface area (Å²) in [5, 5.41) is 17.5. The number of hydrogen-bond acceptors (Lipinski definition) is 4. The second-order valence-corrected chi connectivity index (χ2v) is 6.88. The first-order chi connectivity index (χ1) is 12.3. The third kappa shape index (κ3) is 5.95. The van der Waals surface area contributed by atoms with Crippen LogP contribution in [-0.4, -0.2) is 23.9 Å². The highest BCUT2D eigenvalue weighted by Crippen LogP contribution is 2.12. The van der Waals surface area contributed by atoms with E-state index in [1.165, 1.54) is 0 Å². The van der Waals surface area contributed by atoms with Crippen molar-refractivity contribution in [3.05, 3.63) is 59.7 Å². The van der Waals surface area contributed by atoms with E-state index in [0.29, 0.717) is 16.8 Å². The van der Waals surface area contributed by atoms with Gasteiger partial charge in [-0.1, -0.05) is 6.07 Å². The smallest absolute Gasteiger partial charge is 0.251 e. The second kappa shape index (κ2) is 8.17. The molecule has 2 aromatic carbocycles. The van der Waals surface area contributed by atoms with E-state index in [1.807, 2.05) is 26.8 Å². The number of amides is 2. The van der Waals surface area contributed by atoms with Gasteiger partial charge >= 0.3 is 0 Å². The molecule has 0 atom stereocenters. The maximum atomic E-state index is 12.1. The summed E-state index contributed by atoms with van der Waals surface area (Å²) in [5.74, 6) is -0.367. The summed E-state index contributed by atoms with van der Waals surface area (Å²) >= 11 is 0. The quantitative estimate of drug-likeness (QED) is 0.772. The maximum Gasteiger partial charge on any atom is 0.251 e. The number of nitriles is 1. The third-order valence-electron chi connectivity index (χ3n) is 3.36. The number of rotatable bonds is 5. The van der Waals surface area contributed by atoms with E-state index in [2.05, 4.69) is 16.0 Å². The van der Waals surface area contributed by atoms with Crippen LogP contribution in [0.25, 0.3) is 0 Å². The topological polar surface area (TPSA) is 94.0 Å². The molecule has 0 unspecified atom stereocenters. The molecule has 0 saturated heterocycles. The molecule has 0 bridgehead atoms. The predicted octanol–water partition coefficient (Wildman–Crippen LogP) is 3.14. The van der Waals surface area contributed by atoms with Gasteiger partial charge in [0, 0.05) is 22.5 Å². The van der Waals surface area contributed by atoms with E-state index in [0.717, 1.165) is 5.69 Å². The molecule has 0 aliphatic heterocycles. The van der Waals surface area contributed by atoms with Gasteiger partial charge in [0.05, 0.1) is 18.2 Å². The molecule has 26 heavy (non-hydrogen) atoms. The molecule has 2 rings (SSSR count). The van der Waals surface area contributed by atoms with Gasteiger partial charge in [0.15, 0.2) is 0 Å². The molecule has 2 aromatic rings. The van der Waals surface area contributed by atoms with E-state index >= 15 is 0 Å². The average Bonchev–Trinajstić information content (AvgIpc) is 2.59. The van der Waals surface area contributed by atoms with Gasteiger partial charge in [-0.2, -0.15) is 5.26 Å². The molecular formula is C20H22N4O2. The lowest BCUT2D eigenvalue weighted by Gasteiger charge is -2.20. The monoisotopic (exact) mass is 350 g/mol. The Balaban J connectivity index is 1.88. The van der Waals surface area contributed by atoms with Crippen molar-refractivity contribution >= 4 is 23.2 Å². The lowest BCUT2D eigenvalue weighted by atomic mass is 10.1. The van der Waals surface area contributed by atoms with Crippen LogP contribution in [0.1, 0.15) is 36.7 Å². The number of carbonyl (C=O) groups is 2. The zero-order chi connectivity index (χ0) is 19.2. The fourth-order valence-corrected chi connectivity index (χ4v) is 2.21. The average molecular weight is 350 g/mol. The molecule has 0 aliphatic rings. The van der Waals surface area contributed by atoms with Gasteiger partial charge in [-0.25, -0.2) is 0 Å². The van der Waals surface area contributed by atoms with Crippen molar-refractivity contribution in [2.75, 3.05) is 17.2 Å². The van der Waals surface area contributed by atoms with Gasteiger partial charge < -0.3 is 16.0 Å². The van der Waals surface area contributed by atoms with Crippen molar-refractivity contribution in [2.45, 2.75) is 26.3 Å². The molecule has 0 aromatic heterocycles. The Kier molecular flexibility index (Phi) is 5.97. The Labute approximate surface area is 153 Å². The summed E-state index contributed by atoms with van der Waals surface area (Å²) in [4.78, 5) is 24.1. The Morgan fingerprint density at radius 3 is 2.35 bits per heavy atom. The highest BCUT2D eigenvalue weighted by Gasteiger charge is 2.15. The van der Waals surface area contributed by atoms with Crippen LogP contribution >= 0.6 is 0 Å². The van der Waals surface area contributed by atoms with Gasteiger partial charge in [-0.3, -0.25) is 9.59 Å². The molecule has 6 heteroatoms. The number of carbonyl (C=O) groups excluding carboxylic acids is 2. The first-order valence-corrected chi connectivity index (χ1v) is 8.23. The largest absolute Gasteiger partial charge is 0.376 e. The summed E-state index contributed by atoms with van der Waals surface area (Å²) in [6.45, 7) is 5.84. The molecule has 0 aliphatic carbocycles. The first-order valence-electron chi connectivity index (χ1n) is 8.23. The van der Waals surface area contributed by atoms with Crippen LogP contribution in [0.2, 0.25) is 0 Å². The van der Waals surface area contributed by atoms with Crippen LogP contribution < -0.4 is 16.0 Å². The van der Waals surface area contributed by atoms with Gasteiger partial charge in [0.25, 0.3) is 5.91 Å². The van der Waals surface area contributed by atoms with Crippen molar-refractivity contribution in [3.63, 3.8) is 0 Å². The molecule has 0 heterocycles. The molecular weight excluding hydrogens is 328 g/mol. The van der Waals surface area contributed by atoms with Crippen LogP contribution in [-0.2, 0) is 4.79 Å². The van der Waals surface area contributed by atoms with Crippen LogP contribution in [0.15, 0.2) is 48.5 Å². The summed E-state index contributed by atoms with van der Waals surface area (Å²) < 4.78 is 0. The summed E-state index contributed by atoms with van der Waals surface area (Å²) in [7, 11) is 0. The van der Waals surface area contributed by atoms with E-state index in [4.69, 9.17) is 5.26 Å². The standard InChI is InChI=1S/C20H22N4O2/c1-20(2,3)24-19(26)15-7-9-16(10-8-15)22-13-18(25)23-17-6-4-5-14(11-17)12-21/h4-11,22H,13H2,1-3H3,(H,23,25)(H,24,26).